The van der Waals surface area contributed by atoms with Crippen LogP contribution >= 0.6 is 0 Å². The Morgan fingerprint density at radius 1 is 1.24 bits per heavy atom. The van der Waals surface area contributed by atoms with Crippen molar-refractivity contribution in [3.8, 4) is 0 Å². The molecule has 0 amide bonds. The zero-order valence-electron chi connectivity index (χ0n) is 9.85. The molecule has 2 N–H and O–H groups in total. The van der Waals surface area contributed by atoms with Crippen molar-refractivity contribution in [2.45, 2.75) is 12.5 Å². The third kappa shape index (κ3) is 4.01. The Balaban J connectivity index is 2.06. The van der Waals surface area contributed by atoms with E-state index in [1.165, 1.54) is 0 Å². The summed E-state index contributed by atoms with van der Waals surface area (Å²) < 4.78 is 35.2. The van der Waals surface area contributed by atoms with Crippen LogP contribution in [0.2, 0.25) is 0 Å². The maximum Gasteiger partial charge on any atom is 0.151 e. The monoisotopic (exact) mass is 280 g/mol. The first-order valence-electron chi connectivity index (χ1n) is 6.06. The Bertz CT molecular complexity index is 383. The van der Waals surface area contributed by atoms with Gasteiger partial charge in [-0.3, -0.25) is 4.21 Å². The fraction of sp³-hybridized carbons (Fsp3) is 1.00. The smallest absolute Gasteiger partial charge is 0.151 e. The van der Waals surface area contributed by atoms with Gasteiger partial charge in [0, 0.05) is 47.4 Å². The van der Waals surface area contributed by atoms with Crippen LogP contribution in [0, 0.1) is 5.92 Å². The second-order valence-corrected chi connectivity index (χ2v) is 8.65. The molecule has 2 rings (SSSR count). The average molecular weight is 280 g/mol. The van der Waals surface area contributed by atoms with Crippen LogP contribution in [0.15, 0.2) is 0 Å². The molecule has 2 aliphatic heterocycles. The Morgan fingerprint density at radius 2 is 2.06 bits per heavy atom. The minimum atomic E-state index is -2.95. The highest BCUT2D eigenvalue weighted by Crippen LogP contribution is 2.14. The van der Waals surface area contributed by atoms with Crippen LogP contribution in [-0.4, -0.2) is 61.3 Å². The van der Waals surface area contributed by atoms with Gasteiger partial charge in [-0.1, -0.05) is 0 Å². The fourth-order valence-corrected chi connectivity index (χ4v) is 5.46. The van der Waals surface area contributed by atoms with E-state index < -0.39 is 20.6 Å². The zero-order chi connectivity index (χ0) is 12.3. The summed E-state index contributed by atoms with van der Waals surface area (Å²) in [5.41, 5.74) is 0. The van der Waals surface area contributed by atoms with E-state index in [1.54, 1.807) is 0 Å². The molecule has 0 saturated carbocycles. The first-order valence-corrected chi connectivity index (χ1v) is 9.37. The molecule has 2 aliphatic rings. The van der Waals surface area contributed by atoms with E-state index in [0.717, 1.165) is 18.7 Å². The SMILES string of the molecule is O=S1CCCNC(C2CNCCS(=O)(=O)C2)C1. The molecular formula is C10H20N2O3S2. The van der Waals surface area contributed by atoms with Crippen LogP contribution in [0.5, 0.6) is 0 Å². The molecule has 100 valence electrons. The molecule has 0 radical (unpaired) electrons. The minimum absolute atomic E-state index is 0.0459. The van der Waals surface area contributed by atoms with E-state index in [1.807, 2.05) is 0 Å². The first kappa shape index (κ1) is 13.5. The average Bonchev–Trinajstić information content (AvgIpc) is 2.56. The van der Waals surface area contributed by atoms with Crippen LogP contribution in [0.25, 0.3) is 0 Å². The summed E-state index contributed by atoms with van der Waals surface area (Å²) in [5.74, 6) is 1.80. The van der Waals surface area contributed by atoms with Crippen LogP contribution in [0.3, 0.4) is 0 Å². The van der Waals surface area contributed by atoms with Crippen molar-refractivity contribution in [1.29, 1.82) is 0 Å². The maximum absolute atomic E-state index is 11.7. The van der Waals surface area contributed by atoms with Crippen molar-refractivity contribution in [2.75, 3.05) is 42.6 Å². The molecule has 3 unspecified atom stereocenters. The van der Waals surface area contributed by atoms with Crippen molar-refractivity contribution in [1.82, 2.24) is 10.6 Å². The molecule has 0 aromatic heterocycles. The van der Waals surface area contributed by atoms with Gasteiger partial charge in [0.1, 0.15) is 0 Å². The van der Waals surface area contributed by atoms with Crippen molar-refractivity contribution in [3.05, 3.63) is 0 Å². The van der Waals surface area contributed by atoms with Crippen LogP contribution in [0.1, 0.15) is 6.42 Å². The molecule has 2 fully saturated rings. The largest absolute Gasteiger partial charge is 0.315 e. The molecule has 0 spiro atoms. The lowest BCUT2D eigenvalue weighted by molar-refractivity contribution is 0.398. The van der Waals surface area contributed by atoms with E-state index in [4.69, 9.17) is 0 Å². The van der Waals surface area contributed by atoms with Gasteiger partial charge in [0.15, 0.2) is 9.84 Å². The highest BCUT2D eigenvalue weighted by atomic mass is 32.2. The van der Waals surface area contributed by atoms with Crippen LogP contribution in [0.4, 0.5) is 0 Å². The lowest BCUT2D eigenvalue weighted by Gasteiger charge is -2.24. The highest BCUT2D eigenvalue weighted by Gasteiger charge is 2.30. The molecule has 0 aromatic carbocycles. The molecule has 2 saturated heterocycles. The quantitative estimate of drug-likeness (QED) is 0.626. The third-order valence-electron chi connectivity index (χ3n) is 3.35. The summed E-state index contributed by atoms with van der Waals surface area (Å²) >= 11 is 0. The highest BCUT2D eigenvalue weighted by molar-refractivity contribution is 7.91. The van der Waals surface area contributed by atoms with Gasteiger partial charge in [-0.2, -0.15) is 0 Å². The number of rotatable bonds is 1. The van der Waals surface area contributed by atoms with E-state index in [0.29, 0.717) is 18.8 Å². The Hall–Kier alpha value is 0.0200. The Kier molecular flexibility index (Phi) is 4.57. The molecule has 5 nitrogen and oxygen atoms in total. The predicted molar refractivity (Wildman–Crippen MR) is 69.3 cm³/mol. The van der Waals surface area contributed by atoms with E-state index in [9.17, 15) is 12.6 Å². The van der Waals surface area contributed by atoms with Crippen molar-refractivity contribution < 1.29 is 12.6 Å². The van der Waals surface area contributed by atoms with Crippen molar-refractivity contribution >= 4 is 20.6 Å². The van der Waals surface area contributed by atoms with E-state index in [2.05, 4.69) is 10.6 Å². The van der Waals surface area contributed by atoms with Gasteiger partial charge in [0.25, 0.3) is 0 Å². The molecule has 3 atom stereocenters. The van der Waals surface area contributed by atoms with Crippen LogP contribution in [-0.2, 0) is 20.6 Å². The molecule has 2 heterocycles. The number of hydrogen-bond acceptors (Lipinski definition) is 5. The van der Waals surface area contributed by atoms with Crippen LogP contribution < -0.4 is 10.6 Å². The standard InChI is InChI=1S/C10H20N2O3S2/c13-16-4-1-2-12-10(7-16)9-6-11-3-5-17(14,15)8-9/h9-12H,1-8H2. The normalized spacial score (nSPS) is 39.2. The van der Waals surface area contributed by atoms with Crippen molar-refractivity contribution in [3.63, 3.8) is 0 Å². The van der Waals surface area contributed by atoms with Gasteiger partial charge in [-0.15, -0.1) is 0 Å². The third-order valence-corrected chi connectivity index (χ3v) is 6.59. The second-order valence-electron chi connectivity index (χ2n) is 4.80. The summed E-state index contributed by atoms with van der Waals surface area (Å²) in [6, 6.07) is 0.0682. The first-order chi connectivity index (χ1) is 8.07. The zero-order valence-corrected chi connectivity index (χ0v) is 11.5. The van der Waals surface area contributed by atoms with Gasteiger partial charge in [0.05, 0.1) is 11.5 Å². The van der Waals surface area contributed by atoms with Gasteiger partial charge in [0.2, 0.25) is 0 Å². The minimum Gasteiger partial charge on any atom is -0.315 e. The molecule has 0 bridgehead atoms. The fourth-order valence-electron chi connectivity index (χ4n) is 2.41. The maximum atomic E-state index is 11.7. The molecular weight excluding hydrogens is 260 g/mol. The summed E-state index contributed by atoms with van der Waals surface area (Å²) in [7, 11) is -3.75. The second kappa shape index (κ2) is 5.77. The van der Waals surface area contributed by atoms with Gasteiger partial charge in [-0.25, -0.2) is 8.42 Å². The summed E-state index contributed by atoms with van der Waals surface area (Å²) in [6.45, 7) is 2.08. The molecule has 7 heteroatoms. The Morgan fingerprint density at radius 3 is 2.88 bits per heavy atom. The lowest BCUT2D eigenvalue weighted by Crippen LogP contribution is -2.45. The summed E-state index contributed by atoms with van der Waals surface area (Å²) in [4.78, 5) is 0. The van der Waals surface area contributed by atoms with Gasteiger partial charge in [-0.05, 0) is 13.0 Å². The van der Waals surface area contributed by atoms with Gasteiger partial charge >= 0.3 is 0 Å². The number of sulfone groups is 1. The van der Waals surface area contributed by atoms with E-state index in [-0.39, 0.29) is 23.5 Å². The topological polar surface area (TPSA) is 75.3 Å². The molecule has 0 aliphatic carbocycles. The lowest BCUT2D eigenvalue weighted by atomic mass is 10.0. The Labute approximate surface area is 105 Å². The number of nitrogens with one attached hydrogen (secondary N) is 2. The van der Waals surface area contributed by atoms with Crippen molar-refractivity contribution in [2.24, 2.45) is 5.92 Å². The molecule has 0 aromatic rings. The predicted octanol–water partition coefficient (Wildman–Crippen LogP) is -1.27. The summed E-state index contributed by atoms with van der Waals surface area (Å²) in [5, 5.41) is 6.52. The molecule has 17 heavy (non-hydrogen) atoms. The van der Waals surface area contributed by atoms with Gasteiger partial charge < -0.3 is 10.6 Å². The number of hydrogen-bond donors (Lipinski definition) is 2. The van der Waals surface area contributed by atoms with E-state index >= 15 is 0 Å². The summed E-state index contributed by atoms with van der Waals surface area (Å²) in [6.07, 6.45) is 0.913.